The Morgan fingerprint density at radius 3 is 2.71 bits per heavy atom. The van der Waals surface area contributed by atoms with Crippen LogP contribution >= 0.6 is 11.6 Å². The van der Waals surface area contributed by atoms with Crippen LogP contribution in [0.3, 0.4) is 0 Å². The van der Waals surface area contributed by atoms with Crippen molar-refractivity contribution in [2.24, 2.45) is 0 Å². The third kappa shape index (κ3) is 3.36. The van der Waals surface area contributed by atoms with E-state index in [1.54, 1.807) is 36.7 Å². The molecule has 3 rings (SSSR count). The van der Waals surface area contributed by atoms with Crippen LogP contribution in [0.4, 0.5) is 0 Å². The Kier molecular flexibility index (Phi) is 5.70. The van der Waals surface area contributed by atoms with Gasteiger partial charge in [0.15, 0.2) is 0 Å². The first-order valence-electron chi connectivity index (χ1n) is 8.93. The summed E-state index contributed by atoms with van der Waals surface area (Å²) in [4.78, 5) is 31.1. The van der Waals surface area contributed by atoms with Crippen molar-refractivity contribution in [3.05, 3.63) is 63.9 Å². The number of Topliss-reactive ketones (excluding diaryl/α,β-unsaturated/α-hetero) is 1. The number of nitrogens with zero attached hydrogens (tertiary/aromatic N) is 2. The summed E-state index contributed by atoms with van der Waals surface area (Å²) in [5.74, 6) is -1.45. The zero-order chi connectivity index (χ0) is 20.4. The first-order valence-corrected chi connectivity index (χ1v) is 9.31. The molecule has 2 aromatic rings. The first kappa shape index (κ1) is 19.9. The van der Waals surface area contributed by atoms with Crippen LogP contribution in [0.25, 0.3) is 5.76 Å². The Balaban J connectivity index is 2.27. The van der Waals surface area contributed by atoms with Crippen LogP contribution in [0.15, 0.2) is 42.2 Å². The molecule has 7 heteroatoms. The van der Waals surface area contributed by atoms with Gasteiger partial charge in [-0.05, 0) is 42.7 Å². The molecule has 1 aromatic heterocycles. The van der Waals surface area contributed by atoms with E-state index in [0.29, 0.717) is 23.6 Å². The van der Waals surface area contributed by atoms with E-state index < -0.39 is 17.7 Å². The van der Waals surface area contributed by atoms with Crippen molar-refractivity contribution < 1.29 is 19.4 Å². The minimum absolute atomic E-state index is 0.00594. The number of benzene rings is 1. The number of rotatable bonds is 5. The number of carbonyl (C=O) groups excluding carboxylic acids is 2. The molecule has 1 fully saturated rings. The summed E-state index contributed by atoms with van der Waals surface area (Å²) in [6.45, 7) is 4.12. The molecular weight excluding hydrogens is 380 g/mol. The van der Waals surface area contributed by atoms with Gasteiger partial charge in [0.2, 0.25) is 0 Å². The molecule has 6 nitrogen and oxygen atoms in total. The Bertz CT molecular complexity index is 956. The molecule has 146 valence electrons. The Morgan fingerprint density at radius 1 is 1.36 bits per heavy atom. The summed E-state index contributed by atoms with van der Waals surface area (Å²) in [5.41, 5.74) is 1.71. The first-order chi connectivity index (χ1) is 13.4. The van der Waals surface area contributed by atoms with Gasteiger partial charge in [0, 0.05) is 18.9 Å². The zero-order valence-electron chi connectivity index (χ0n) is 15.9. The predicted octanol–water partition coefficient (Wildman–Crippen LogP) is 3.88. The number of amides is 1. The molecule has 0 radical (unpaired) electrons. The minimum Gasteiger partial charge on any atom is -0.507 e. The van der Waals surface area contributed by atoms with Gasteiger partial charge in [0.25, 0.3) is 11.7 Å². The summed E-state index contributed by atoms with van der Waals surface area (Å²) in [6, 6.07) is 6.16. The van der Waals surface area contributed by atoms with Gasteiger partial charge in [-0.3, -0.25) is 14.6 Å². The van der Waals surface area contributed by atoms with E-state index in [2.05, 4.69) is 4.98 Å². The number of ether oxygens (including phenoxy) is 1. The molecule has 1 atom stereocenters. The summed E-state index contributed by atoms with van der Waals surface area (Å²) in [6.07, 6.45) is 3.87. The zero-order valence-corrected chi connectivity index (χ0v) is 16.7. The highest BCUT2D eigenvalue weighted by Gasteiger charge is 2.46. The molecule has 0 spiro atoms. The van der Waals surface area contributed by atoms with E-state index in [9.17, 15) is 14.7 Å². The average Bonchev–Trinajstić information content (AvgIpc) is 2.93. The molecule has 1 N–H and O–H groups in total. The number of aryl methyl sites for hydroxylation is 1. The van der Waals surface area contributed by atoms with Gasteiger partial charge in [0.1, 0.15) is 11.5 Å². The van der Waals surface area contributed by atoms with E-state index in [0.717, 1.165) is 5.56 Å². The van der Waals surface area contributed by atoms with Gasteiger partial charge in [0.05, 0.1) is 29.3 Å². The van der Waals surface area contributed by atoms with Gasteiger partial charge in [-0.15, -0.1) is 0 Å². The predicted molar refractivity (Wildman–Crippen MR) is 106 cm³/mol. The molecule has 28 heavy (non-hydrogen) atoms. The lowest BCUT2D eigenvalue weighted by Crippen LogP contribution is -2.30. The van der Waals surface area contributed by atoms with Crippen LogP contribution in [-0.2, 0) is 9.59 Å². The van der Waals surface area contributed by atoms with Gasteiger partial charge < -0.3 is 14.7 Å². The molecule has 1 aromatic carbocycles. The topological polar surface area (TPSA) is 79.7 Å². The lowest BCUT2D eigenvalue weighted by atomic mass is 9.95. The van der Waals surface area contributed by atoms with Crippen molar-refractivity contribution in [3.8, 4) is 5.75 Å². The van der Waals surface area contributed by atoms with Crippen LogP contribution in [0.5, 0.6) is 5.75 Å². The SMILES string of the molecule is CCCN1C(=O)C(=O)/C(=C(/O)c2cc(C)cc(Cl)c2OC)C1c1cccnc1. The number of pyridine rings is 1. The molecule has 1 unspecified atom stereocenters. The van der Waals surface area contributed by atoms with Crippen LogP contribution in [-0.4, -0.2) is 40.3 Å². The van der Waals surface area contributed by atoms with E-state index in [-0.39, 0.29) is 22.6 Å². The quantitative estimate of drug-likeness (QED) is 0.468. The Labute approximate surface area is 168 Å². The van der Waals surface area contributed by atoms with E-state index in [1.807, 2.05) is 13.8 Å². The number of methoxy groups -OCH3 is 1. The van der Waals surface area contributed by atoms with Gasteiger partial charge in [-0.1, -0.05) is 24.6 Å². The second-order valence-electron chi connectivity index (χ2n) is 6.61. The number of aromatic nitrogens is 1. The molecule has 0 aliphatic carbocycles. The second-order valence-corrected chi connectivity index (χ2v) is 7.01. The number of aliphatic hydroxyl groups is 1. The maximum atomic E-state index is 12.9. The number of carbonyl (C=O) groups is 2. The number of ketones is 1. The van der Waals surface area contributed by atoms with Crippen molar-refractivity contribution >= 4 is 29.1 Å². The fourth-order valence-electron chi connectivity index (χ4n) is 3.49. The summed E-state index contributed by atoms with van der Waals surface area (Å²) in [5, 5.41) is 11.4. The maximum Gasteiger partial charge on any atom is 0.295 e. The number of halogens is 1. The third-order valence-corrected chi connectivity index (χ3v) is 4.93. The molecule has 0 bridgehead atoms. The molecule has 1 aliphatic rings. The third-order valence-electron chi connectivity index (χ3n) is 4.65. The molecule has 0 saturated carbocycles. The lowest BCUT2D eigenvalue weighted by Gasteiger charge is -2.24. The molecule has 2 heterocycles. The van der Waals surface area contributed by atoms with E-state index in [4.69, 9.17) is 16.3 Å². The number of aliphatic hydroxyl groups excluding tert-OH is 1. The van der Waals surface area contributed by atoms with Crippen molar-refractivity contribution in [2.45, 2.75) is 26.3 Å². The van der Waals surface area contributed by atoms with Crippen molar-refractivity contribution in [2.75, 3.05) is 13.7 Å². The van der Waals surface area contributed by atoms with Crippen LogP contribution in [0.2, 0.25) is 5.02 Å². The molecule has 1 saturated heterocycles. The largest absolute Gasteiger partial charge is 0.507 e. The van der Waals surface area contributed by atoms with Gasteiger partial charge >= 0.3 is 0 Å². The number of hydrogen-bond donors (Lipinski definition) is 1. The van der Waals surface area contributed by atoms with Gasteiger partial charge in [-0.2, -0.15) is 0 Å². The Hall–Kier alpha value is -2.86. The summed E-state index contributed by atoms with van der Waals surface area (Å²) >= 11 is 6.25. The second kappa shape index (κ2) is 8.02. The molecular formula is C21H21ClN2O4. The highest BCUT2D eigenvalue weighted by atomic mass is 35.5. The molecule has 1 amide bonds. The fourth-order valence-corrected chi connectivity index (χ4v) is 3.84. The smallest absolute Gasteiger partial charge is 0.295 e. The van der Waals surface area contributed by atoms with Crippen molar-refractivity contribution in [1.82, 2.24) is 9.88 Å². The molecule has 1 aliphatic heterocycles. The number of likely N-dealkylation sites (tertiary alicyclic amines) is 1. The maximum absolute atomic E-state index is 12.9. The number of hydrogen-bond acceptors (Lipinski definition) is 5. The highest BCUT2D eigenvalue weighted by molar-refractivity contribution is 6.46. The van der Waals surface area contributed by atoms with Gasteiger partial charge in [-0.25, -0.2) is 0 Å². The Morgan fingerprint density at radius 2 is 2.11 bits per heavy atom. The van der Waals surface area contributed by atoms with Crippen LogP contribution in [0, 0.1) is 6.92 Å². The van der Waals surface area contributed by atoms with Crippen molar-refractivity contribution in [3.63, 3.8) is 0 Å². The van der Waals surface area contributed by atoms with Crippen LogP contribution in [0.1, 0.15) is 36.1 Å². The minimum atomic E-state index is -0.737. The summed E-state index contributed by atoms with van der Waals surface area (Å²) in [7, 11) is 1.43. The van der Waals surface area contributed by atoms with Crippen molar-refractivity contribution in [1.29, 1.82) is 0 Å². The summed E-state index contributed by atoms with van der Waals surface area (Å²) < 4.78 is 5.34. The standard InChI is InChI=1S/C21H21ClN2O4/c1-4-8-24-17(13-6-5-7-23-11-13)16(19(26)21(24)27)18(25)14-9-12(2)10-15(22)20(14)28-3/h5-7,9-11,17,25H,4,8H2,1-3H3/b18-16+. The average molecular weight is 401 g/mol. The monoisotopic (exact) mass is 400 g/mol. The normalized spacial score (nSPS) is 18.6. The van der Waals surface area contributed by atoms with E-state index >= 15 is 0 Å². The fraction of sp³-hybridized carbons (Fsp3) is 0.286. The lowest BCUT2D eigenvalue weighted by molar-refractivity contribution is -0.139. The van der Waals surface area contributed by atoms with Crippen LogP contribution < -0.4 is 4.74 Å². The highest BCUT2D eigenvalue weighted by Crippen LogP contribution is 2.42. The van der Waals surface area contributed by atoms with E-state index in [1.165, 1.54) is 12.0 Å².